The third kappa shape index (κ3) is 19.1. The summed E-state index contributed by atoms with van der Waals surface area (Å²) in [5, 5.41) is 8.69. The van der Waals surface area contributed by atoms with Crippen LogP contribution in [0, 0.1) is 0 Å². The SMILES string of the molecule is CCCC[n+]1ccc(CCCO)cc1.F[P-](F)(F)(F)(F)F. The zero-order chi connectivity index (χ0) is 16.6. The molecule has 0 aromatic carbocycles. The first kappa shape index (κ1) is 20.1. The number of pyridine rings is 1. The van der Waals surface area contributed by atoms with Gasteiger partial charge in [0.05, 0.1) is 0 Å². The summed E-state index contributed by atoms with van der Waals surface area (Å²) in [4.78, 5) is 0. The van der Waals surface area contributed by atoms with Gasteiger partial charge < -0.3 is 5.11 Å². The summed E-state index contributed by atoms with van der Waals surface area (Å²) in [6.45, 7) is 3.59. The third-order valence-corrected chi connectivity index (χ3v) is 2.35. The molecule has 0 saturated carbocycles. The second-order valence-corrected chi connectivity index (χ2v) is 6.50. The molecule has 1 aromatic heterocycles. The van der Waals surface area contributed by atoms with Crippen molar-refractivity contribution in [3.8, 4) is 0 Å². The molecule has 1 N–H and O–H groups in total. The van der Waals surface area contributed by atoms with Gasteiger partial charge in [-0.2, -0.15) is 0 Å². The molecule has 0 radical (unpaired) electrons. The van der Waals surface area contributed by atoms with Crippen LogP contribution >= 0.6 is 7.81 Å². The molecule has 0 aliphatic carbocycles. The molecular formula is C12H20F6NOP. The number of nitrogens with zero attached hydrogens (tertiary/aromatic N) is 1. The fraction of sp³-hybridized carbons (Fsp3) is 0.583. The summed E-state index contributed by atoms with van der Waals surface area (Å²) in [6, 6.07) is 4.29. The van der Waals surface area contributed by atoms with Crippen molar-refractivity contribution >= 4 is 7.81 Å². The maximum absolute atomic E-state index is 10.7. The molecule has 0 amide bonds. The molecule has 0 fully saturated rings. The van der Waals surface area contributed by atoms with E-state index in [2.05, 4.69) is 36.0 Å². The van der Waals surface area contributed by atoms with Crippen molar-refractivity contribution in [2.45, 2.75) is 39.2 Å². The third-order valence-electron chi connectivity index (χ3n) is 2.35. The number of aryl methyl sites for hydroxylation is 2. The van der Waals surface area contributed by atoms with Gasteiger partial charge in [0.2, 0.25) is 0 Å². The van der Waals surface area contributed by atoms with Crippen LogP contribution in [0.3, 0.4) is 0 Å². The van der Waals surface area contributed by atoms with E-state index in [0.717, 1.165) is 19.4 Å². The quantitative estimate of drug-likeness (QED) is 0.436. The van der Waals surface area contributed by atoms with Crippen molar-refractivity contribution in [2.75, 3.05) is 6.61 Å². The molecule has 126 valence electrons. The van der Waals surface area contributed by atoms with Crippen LogP contribution in [0.2, 0.25) is 0 Å². The first-order valence-electron chi connectivity index (χ1n) is 6.47. The van der Waals surface area contributed by atoms with Crippen LogP contribution in [-0.2, 0) is 13.0 Å². The number of halogens is 6. The Morgan fingerprint density at radius 1 is 1.00 bits per heavy atom. The fourth-order valence-corrected chi connectivity index (χ4v) is 1.43. The number of hydrogen-bond donors (Lipinski definition) is 1. The summed E-state index contributed by atoms with van der Waals surface area (Å²) < 4.78 is 61.4. The number of hydrogen-bond acceptors (Lipinski definition) is 1. The van der Waals surface area contributed by atoms with Crippen molar-refractivity contribution in [3.05, 3.63) is 30.1 Å². The van der Waals surface area contributed by atoms with Crippen LogP contribution in [0.15, 0.2) is 24.5 Å². The van der Waals surface area contributed by atoms with Gasteiger partial charge in [0.25, 0.3) is 0 Å². The minimum absolute atomic E-state index is 0.282. The molecule has 1 heterocycles. The van der Waals surface area contributed by atoms with Crippen LogP contribution < -0.4 is 4.57 Å². The molecule has 1 rings (SSSR count). The Morgan fingerprint density at radius 2 is 1.48 bits per heavy atom. The molecule has 2 nitrogen and oxygen atoms in total. The Hall–Kier alpha value is -0.880. The number of aromatic nitrogens is 1. The molecular weight excluding hydrogens is 319 g/mol. The molecule has 0 unspecified atom stereocenters. The molecule has 9 heteroatoms. The van der Waals surface area contributed by atoms with Gasteiger partial charge in [-0.15, -0.1) is 0 Å². The monoisotopic (exact) mass is 339 g/mol. The topological polar surface area (TPSA) is 24.1 Å². The summed E-state index contributed by atoms with van der Waals surface area (Å²) in [7, 11) is -10.7. The average Bonchev–Trinajstić information content (AvgIpc) is 2.31. The predicted molar refractivity (Wildman–Crippen MR) is 70.5 cm³/mol. The van der Waals surface area contributed by atoms with Crippen LogP contribution in [0.5, 0.6) is 0 Å². The van der Waals surface area contributed by atoms with Gasteiger partial charge in [-0.25, -0.2) is 4.57 Å². The molecule has 0 spiro atoms. The second-order valence-electron chi connectivity index (χ2n) is 4.58. The Kier molecular flexibility index (Phi) is 6.63. The summed E-state index contributed by atoms with van der Waals surface area (Å²) in [6.07, 6.45) is 8.56. The first-order chi connectivity index (χ1) is 9.31. The Labute approximate surface area is 119 Å². The van der Waals surface area contributed by atoms with E-state index in [9.17, 15) is 25.2 Å². The maximum atomic E-state index is 9.87. The summed E-state index contributed by atoms with van der Waals surface area (Å²) in [5.41, 5.74) is 1.31. The van der Waals surface area contributed by atoms with Gasteiger partial charge in [0.15, 0.2) is 12.4 Å². The van der Waals surface area contributed by atoms with Crippen molar-refractivity contribution in [1.29, 1.82) is 0 Å². The Bertz CT molecular complexity index is 378. The number of rotatable bonds is 6. The van der Waals surface area contributed by atoms with Crippen molar-refractivity contribution in [2.24, 2.45) is 0 Å². The van der Waals surface area contributed by atoms with E-state index in [1.165, 1.54) is 18.4 Å². The molecule has 0 aliphatic heterocycles. The predicted octanol–water partition coefficient (Wildman–Crippen LogP) is 5.08. The van der Waals surface area contributed by atoms with E-state index in [1.807, 2.05) is 0 Å². The van der Waals surface area contributed by atoms with E-state index >= 15 is 0 Å². The molecule has 1 aromatic rings. The van der Waals surface area contributed by atoms with Crippen LogP contribution in [0.1, 0.15) is 31.7 Å². The van der Waals surface area contributed by atoms with Crippen LogP contribution in [-0.4, -0.2) is 11.7 Å². The number of aliphatic hydroxyl groups is 1. The van der Waals surface area contributed by atoms with Gasteiger partial charge in [-0.3, -0.25) is 0 Å². The second kappa shape index (κ2) is 6.92. The van der Waals surface area contributed by atoms with Crippen LogP contribution in [0.25, 0.3) is 0 Å². The standard InChI is InChI=1S/C12H20NO.F6P/c1-2-3-8-13-9-6-12(7-10-13)5-4-11-14;1-7(2,3,4,5)6/h6-7,9-10,14H,2-5,8,11H2,1H3;/q+1;-1. The molecule has 0 bridgehead atoms. The van der Waals surface area contributed by atoms with Gasteiger partial charge >= 0.3 is 33.0 Å². The van der Waals surface area contributed by atoms with E-state index < -0.39 is 7.81 Å². The number of unbranched alkanes of at least 4 members (excludes halogenated alkanes) is 1. The van der Waals surface area contributed by atoms with Gasteiger partial charge in [0.1, 0.15) is 6.54 Å². The fourth-order valence-electron chi connectivity index (χ4n) is 1.43. The van der Waals surface area contributed by atoms with E-state index in [1.54, 1.807) is 0 Å². The minimum atomic E-state index is -10.7. The zero-order valence-corrected chi connectivity index (χ0v) is 12.6. The van der Waals surface area contributed by atoms with Crippen molar-refractivity contribution in [1.82, 2.24) is 0 Å². The summed E-state index contributed by atoms with van der Waals surface area (Å²) >= 11 is 0. The Balaban J connectivity index is 0.000000486. The summed E-state index contributed by atoms with van der Waals surface area (Å²) in [5.74, 6) is 0. The van der Waals surface area contributed by atoms with Crippen LogP contribution in [0.4, 0.5) is 25.2 Å². The van der Waals surface area contributed by atoms with Gasteiger partial charge in [-0.1, -0.05) is 13.3 Å². The molecule has 0 aliphatic rings. The van der Waals surface area contributed by atoms with E-state index in [4.69, 9.17) is 5.11 Å². The first-order valence-corrected chi connectivity index (χ1v) is 8.50. The number of aliphatic hydroxyl groups excluding tert-OH is 1. The van der Waals surface area contributed by atoms with Crippen molar-refractivity contribution < 1.29 is 34.9 Å². The molecule has 21 heavy (non-hydrogen) atoms. The molecule has 0 saturated heterocycles. The molecule has 0 atom stereocenters. The van der Waals surface area contributed by atoms with Gasteiger partial charge in [-0.05, 0) is 18.4 Å². The Morgan fingerprint density at radius 3 is 1.86 bits per heavy atom. The van der Waals surface area contributed by atoms with E-state index in [0.29, 0.717) is 0 Å². The van der Waals surface area contributed by atoms with Gasteiger partial charge in [0, 0.05) is 25.2 Å². The average molecular weight is 339 g/mol. The zero-order valence-electron chi connectivity index (χ0n) is 11.7. The normalized spacial score (nSPS) is 14.7. The van der Waals surface area contributed by atoms with E-state index in [-0.39, 0.29) is 6.61 Å². The van der Waals surface area contributed by atoms with Crippen molar-refractivity contribution in [3.63, 3.8) is 0 Å².